The molecule has 1 N–H and O–H groups in total. The molecule has 0 atom stereocenters. The molecule has 0 radical (unpaired) electrons. The minimum atomic E-state index is -3.05. The fraction of sp³-hybridized carbons (Fsp3) is 1.00. The van der Waals surface area contributed by atoms with Gasteiger partial charge in [0, 0.05) is 6.54 Å². The normalized spacial score (nSPS) is 12.4. The summed E-state index contributed by atoms with van der Waals surface area (Å²) in [6.07, 6.45) is 1.99. The first kappa shape index (κ1) is 9.87. The summed E-state index contributed by atoms with van der Waals surface area (Å²) >= 11 is 0. The molecule has 0 saturated carbocycles. The first-order valence-electron chi connectivity index (χ1n) is 3.17. The average molecular weight is 166 g/mol. The first-order valence-corrected chi connectivity index (χ1v) is 5.02. The number of hydrazine groups is 1. The number of sulfonamides is 1. The Kier molecular flexibility index (Phi) is 3.85. The molecule has 0 rings (SSSR count). The summed E-state index contributed by atoms with van der Waals surface area (Å²) in [5, 5.41) is 0. The zero-order chi connectivity index (χ0) is 8.20. The average Bonchev–Trinajstić information content (AvgIpc) is 1.80. The van der Waals surface area contributed by atoms with E-state index in [1.807, 2.05) is 6.92 Å². The lowest BCUT2D eigenvalue weighted by Crippen LogP contribution is -2.40. The number of rotatable bonds is 4. The van der Waals surface area contributed by atoms with E-state index in [2.05, 4.69) is 5.43 Å². The van der Waals surface area contributed by atoms with Gasteiger partial charge < -0.3 is 0 Å². The fourth-order valence-corrected chi connectivity index (χ4v) is 1.49. The Morgan fingerprint density at radius 2 is 2.00 bits per heavy atom. The Balaban J connectivity index is 4.08. The van der Waals surface area contributed by atoms with Gasteiger partial charge in [-0.1, -0.05) is 6.92 Å². The van der Waals surface area contributed by atoms with Gasteiger partial charge in [0.25, 0.3) is 0 Å². The van der Waals surface area contributed by atoms with Crippen molar-refractivity contribution in [3.63, 3.8) is 0 Å². The summed E-state index contributed by atoms with van der Waals surface area (Å²) in [6.45, 7) is 2.45. The summed E-state index contributed by atoms with van der Waals surface area (Å²) in [5.74, 6) is 0. The lowest BCUT2D eigenvalue weighted by atomic mass is 10.5. The molecule has 0 aromatic rings. The van der Waals surface area contributed by atoms with Crippen molar-refractivity contribution < 1.29 is 8.42 Å². The van der Waals surface area contributed by atoms with Crippen LogP contribution in [0.25, 0.3) is 0 Å². The van der Waals surface area contributed by atoms with E-state index in [1.165, 1.54) is 10.7 Å². The van der Waals surface area contributed by atoms with Gasteiger partial charge in [-0.15, -0.1) is 4.41 Å². The van der Waals surface area contributed by atoms with Crippen LogP contribution >= 0.6 is 0 Å². The van der Waals surface area contributed by atoms with Crippen LogP contribution in [-0.4, -0.2) is 32.7 Å². The molecule has 0 amide bonds. The van der Waals surface area contributed by atoms with E-state index in [-0.39, 0.29) is 0 Å². The van der Waals surface area contributed by atoms with E-state index >= 15 is 0 Å². The quantitative estimate of drug-likeness (QED) is 0.588. The molecule has 62 valence electrons. The molecule has 0 spiro atoms. The maximum absolute atomic E-state index is 10.8. The summed E-state index contributed by atoms with van der Waals surface area (Å²) in [6, 6.07) is 0. The molecule has 0 aliphatic carbocycles. The van der Waals surface area contributed by atoms with Crippen LogP contribution < -0.4 is 5.43 Å². The first-order chi connectivity index (χ1) is 4.52. The van der Waals surface area contributed by atoms with Gasteiger partial charge in [-0.2, -0.15) is 0 Å². The Morgan fingerprint density at radius 3 is 2.10 bits per heavy atom. The van der Waals surface area contributed by atoms with Gasteiger partial charge in [-0.25, -0.2) is 13.8 Å². The van der Waals surface area contributed by atoms with E-state index in [0.29, 0.717) is 6.54 Å². The van der Waals surface area contributed by atoms with Crippen LogP contribution in [0.1, 0.15) is 13.3 Å². The maximum Gasteiger partial charge on any atom is 0.223 e. The van der Waals surface area contributed by atoms with Gasteiger partial charge >= 0.3 is 0 Å². The summed E-state index contributed by atoms with van der Waals surface area (Å²) in [7, 11) is -1.46. The highest BCUT2D eigenvalue weighted by molar-refractivity contribution is 7.88. The van der Waals surface area contributed by atoms with E-state index in [1.54, 1.807) is 7.05 Å². The number of nitrogens with zero attached hydrogens (tertiary/aromatic N) is 1. The lowest BCUT2D eigenvalue weighted by molar-refractivity contribution is 0.347. The highest BCUT2D eigenvalue weighted by atomic mass is 32.2. The van der Waals surface area contributed by atoms with E-state index in [0.717, 1.165) is 6.42 Å². The predicted molar refractivity (Wildman–Crippen MR) is 40.9 cm³/mol. The largest absolute Gasteiger partial charge is 0.245 e. The maximum atomic E-state index is 10.8. The van der Waals surface area contributed by atoms with Crippen molar-refractivity contribution in [1.82, 2.24) is 9.84 Å². The molecule has 0 aromatic heterocycles. The molecule has 4 nitrogen and oxygen atoms in total. The zero-order valence-corrected chi connectivity index (χ0v) is 7.40. The van der Waals surface area contributed by atoms with Gasteiger partial charge in [0.05, 0.1) is 6.26 Å². The smallest absolute Gasteiger partial charge is 0.223 e. The van der Waals surface area contributed by atoms with Crippen molar-refractivity contribution in [2.24, 2.45) is 0 Å². The SMILES string of the molecule is CCCN(NC)S(C)(=O)=O. The molecule has 0 heterocycles. The third-order valence-electron chi connectivity index (χ3n) is 1.08. The second kappa shape index (κ2) is 3.90. The second-order valence-corrected chi connectivity index (χ2v) is 3.97. The number of nitrogens with one attached hydrogen (secondary N) is 1. The van der Waals surface area contributed by atoms with Crippen molar-refractivity contribution in [3.8, 4) is 0 Å². The van der Waals surface area contributed by atoms with E-state index in [4.69, 9.17) is 0 Å². The lowest BCUT2D eigenvalue weighted by Gasteiger charge is -2.16. The van der Waals surface area contributed by atoms with Crippen LogP contribution in [-0.2, 0) is 10.0 Å². The minimum Gasteiger partial charge on any atom is -0.245 e. The minimum absolute atomic E-state index is 0.523. The monoisotopic (exact) mass is 166 g/mol. The Morgan fingerprint density at radius 1 is 1.50 bits per heavy atom. The zero-order valence-electron chi connectivity index (χ0n) is 6.59. The highest BCUT2D eigenvalue weighted by Gasteiger charge is 2.11. The van der Waals surface area contributed by atoms with E-state index in [9.17, 15) is 8.42 Å². The van der Waals surface area contributed by atoms with Gasteiger partial charge in [0.2, 0.25) is 10.0 Å². The number of hydrogen-bond acceptors (Lipinski definition) is 3. The van der Waals surface area contributed by atoms with Crippen LogP contribution in [0.15, 0.2) is 0 Å². The molecule has 5 heteroatoms. The standard InChI is InChI=1S/C5H14N2O2S/c1-4-5-7(6-2)10(3,8)9/h6H,4-5H2,1-3H3. The highest BCUT2D eigenvalue weighted by Crippen LogP contribution is 1.92. The third-order valence-corrected chi connectivity index (χ3v) is 2.24. The topological polar surface area (TPSA) is 49.4 Å². The van der Waals surface area contributed by atoms with Crippen LogP contribution in [0.2, 0.25) is 0 Å². The molecular weight excluding hydrogens is 152 g/mol. The fourth-order valence-electron chi connectivity index (χ4n) is 0.647. The second-order valence-electron chi connectivity index (χ2n) is 2.06. The van der Waals surface area contributed by atoms with Gasteiger partial charge in [0.15, 0.2) is 0 Å². The molecule has 10 heavy (non-hydrogen) atoms. The molecular formula is C5H14N2O2S. The third kappa shape index (κ3) is 3.14. The number of hydrogen-bond donors (Lipinski definition) is 1. The molecule has 0 unspecified atom stereocenters. The molecule has 0 saturated heterocycles. The Labute approximate surface area is 62.2 Å². The summed E-state index contributed by atoms with van der Waals surface area (Å²) in [5.41, 5.74) is 2.59. The van der Waals surface area contributed by atoms with Gasteiger partial charge in [0.1, 0.15) is 0 Å². The van der Waals surface area contributed by atoms with Crippen molar-refractivity contribution in [1.29, 1.82) is 0 Å². The van der Waals surface area contributed by atoms with Crippen molar-refractivity contribution in [2.75, 3.05) is 19.8 Å². The molecule has 0 aliphatic heterocycles. The Hall–Kier alpha value is -0.130. The van der Waals surface area contributed by atoms with Crippen LogP contribution in [0.3, 0.4) is 0 Å². The van der Waals surface area contributed by atoms with Crippen LogP contribution in [0.4, 0.5) is 0 Å². The molecule has 0 aliphatic rings. The summed E-state index contributed by atoms with van der Waals surface area (Å²) < 4.78 is 22.8. The molecule has 0 bridgehead atoms. The molecule has 0 aromatic carbocycles. The van der Waals surface area contributed by atoms with Gasteiger partial charge in [-0.3, -0.25) is 0 Å². The Bertz CT molecular complexity index is 176. The summed E-state index contributed by atoms with van der Waals surface area (Å²) in [4.78, 5) is 0. The van der Waals surface area contributed by atoms with E-state index < -0.39 is 10.0 Å². The van der Waals surface area contributed by atoms with Crippen LogP contribution in [0.5, 0.6) is 0 Å². The molecule has 0 fully saturated rings. The van der Waals surface area contributed by atoms with Crippen LogP contribution in [0, 0.1) is 0 Å². The van der Waals surface area contributed by atoms with Gasteiger partial charge in [-0.05, 0) is 13.5 Å². The van der Waals surface area contributed by atoms with Crippen molar-refractivity contribution >= 4 is 10.0 Å². The predicted octanol–water partition coefficient (Wildman–Crippen LogP) is -0.208. The van der Waals surface area contributed by atoms with Crippen molar-refractivity contribution in [2.45, 2.75) is 13.3 Å². The van der Waals surface area contributed by atoms with Crippen molar-refractivity contribution in [3.05, 3.63) is 0 Å².